The third-order valence-electron chi connectivity index (χ3n) is 1.82. The Kier molecular flexibility index (Phi) is 5.41. The number of aliphatic hydroxyl groups excluding tert-OH is 4. The van der Waals surface area contributed by atoms with E-state index in [-0.39, 0.29) is 0 Å². The Labute approximate surface area is 72.5 Å². The average Bonchev–Trinajstić information content (AvgIpc) is 2.02. The summed E-state index contributed by atoms with van der Waals surface area (Å²) in [5.41, 5.74) is 0. The Balaban J connectivity index is 3.90. The molecule has 0 aliphatic heterocycles. The molecule has 0 unspecified atom stereocenters. The summed E-state index contributed by atoms with van der Waals surface area (Å²) in [6.07, 6.45) is -3.36. The summed E-state index contributed by atoms with van der Waals surface area (Å²) in [6, 6.07) is 0. The van der Waals surface area contributed by atoms with Gasteiger partial charge < -0.3 is 20.4 Å². The van der Waals surface area contributed by atoms with Gasteiger partial charge in [0.15, 0.2) is 0 Å². The maximum Gasteiger partial charge on any atom is 0.108 e. The van der Waals surface area contributed by atoms with Crippen molar-refractivity contribution >= 4 is 0 Å². The monoisotopic (exact) mass is 178 g/mol. The van der Waals surface area contributed by atoms with Gasteiger partial charge >= 0.3 is 0 Å². The van der Waals surface area contributed by atoms with Crippen LogP contribution < -0.4 is 0 Å². The second-order valence-corrected chi connectivity index (χ2v) is 3.08. The van der Waals surface area contributed by atoms with Gasteiger partial charge in [-0.15, -0.1) is 0 Å². The van der Waals surface area contributed by atoms with Gasteiger partial charge in [0.25, 0.3) is 0 Å². The summed E-state index contributed by atoms with van der Waals surface area (Å²) >= 11 is 0. The third-order valence-corrected chi connectivity index (χ3v) is 1.82. The molecule has 0 saturated carbocycles. The molecule has 12 heavy (non-hydrogen) atoms. The van der Waals surface area contributed by atoms with Crippen LogP contribution in [0.2, 0.25) is 0 Å². The number of aliphatic hydroxyl groups is 4. The van der Waals surface area contributed by atoms with Gasteiger partial charge in [-0.05, 0) is 13.3 Å². The lowest BCUT2D eigenvalue weighted by atomic mass is 10.0. The standard InChI is InChI=1S/C8H18O4/c1-3-4-6(10)8(12)7(11)5(2)9/h5-12H,3-4H2,1-2H3/t5-,6-,7-,8-/m0/s1. The molecule has 0 amide bonds. The summed E-state index contributed by atoms with van der Waals surface area (Å²) in [5.74, 6) is 0. The number of hydrogen-bond donors (Lipinski definition) is 4. The van der Waals surface area contributed by atoms with Gasteiger partial charge in [-0.3, -0.25) is 0 Å². The van der Waals surface area contributed by atoms with Crippen LogP contribution in [0.25, 0.3) is 0 Å². The van der Waals surface area contributed by atoms with E-state index in [9.17, 15) is 10.2 Å². The fraction of sp³-hybridized carbons (Fsp3) is 1.00. The minimum atomic E-state index is -1.27. The van der Waals surface area contributed by atoms with E-state index < -0.39 is 24.4 Å². The molecule has 0 saturated heterocycles. The van der Waals surface area contributed by atoms with Crippen LogP contribution in [0.5, 0.6) is 0 Å². The Hall–Kier alpha value is -0.160. The van der Waals surface area contributed by atoms with Gasteiger partial charge in [-0.1, -0.05) is 13.3 Å². The van der Waals surface area contributed by atoms with E-state index in [1.165, 1.54) is 6.92 Å². The first kappa shape index (κ1) is 11.8. The number of hydrogen-bond acceptors (Lipinski definition) is 4. The van der Waals surface area contributed by atoms with Gasteiger partial charge in [0.1, 0.15) is 12.2 Å². The normalized spacial score (nSPS) is 21.5. The summed E-state index contributed by atoms with van der Waals surface area (Å²) in [7, 11) is 0. The first-order valence-corrected chi connectivity index (χ1v) is 4.23. The second-order valence-electron chi connectivity index (χ2n) is 3.08. The topological polar surface area (TPSA) is 80.9 Å². The van der Waals surface area contributed by atoms with E-state index in [0.717, 1.165) is 6.42 Å². The van der Waals surface area contributed by atoms with Crippen LogP contribution in [0.15, 0.2) is 0 Å². The van der Waals surface area contributed by atoms with Crippen LogP contribution in [0.3, 0.4) is 0 Å². The summed E-state index contributed by atoms with van der Waals surface area (Å²) in [6.45, 7) is 3.23. The Morgan fingerprint density at radius 2 is 1.50 bits per heavy atom. The largest absolute Gasteiger partial charge is 0.391 e. The minimum absolute atomic E-state index is 0.422. The first-order valence-electron chi connectivity index (χ1n) is 4.23. The van der Waals surface area contributed by atoms with Gasteiger partial charge in [-0.25, -0.2) is 0 Å². The van der Waals surface area contributed by atoms with Crippen LogP contribution in [0, 0.1) is 0 Å². The molecule has 0 aromatic carbocycles. The van der Waals surface area contributed by atoms with Crippen LogP contribution in [0.4, 0.5) is 0 Å². The Morgan fingerprint density at radius 1 is 1.00 bits per heavy atom. The second kappa shape index (κ2) is 5.48. The van der Waals surface area contributed by atoms with E-state index in [1.54, 1.807) is 0 Å². The SMILES string of the molecule is CCC[C@H](O)[C@H](O)[C@@H](O)[C@H](C)O. The van der Waals surface area contributed by atoms with Crippen LogP contribution in [-0.2, 0) is 0 Å². The smallest absolute Gasteiger partial charge is 0.108 e. The van der Waals surface area contributed by atoms with E-state index in [1.807, 2.05) is 6.92 Å². The molecular weight excluding hydrogens is 160 g/mol. The van der Waals surface area contributed by atoms with Crippen molar-refractivity contribution in [2.45, 2.75) is 51.1 Å². The first-order chi connectivity index (χ1) is 5.50. The molecule has 74 valence electrons. The maximum absolute atomic E-state index is 9.23. The molecule has 0 aliphatic carbocycles. The van der Waals surface area contributed by atoms with Gasteiger partial charge in [0, 0.05) is 0 Å². The lowest BCUT2D eigenvalue weighted by Gasteiger charge is -2.24. The summed E-state index contributed by atoms with van der Waals surface area (Å²) < 4.78 is 0. The highest BCUT2D eigenvalue weighted by molar-refractivity contribution is 4.78. The zero-order chi connectivity index (χ0) is 9.72. The van der Waals surface area contributed by atoms with Crippen molar-refractivity contribution in [3.05, 3.63) is 0 Å². The van der Waals surface area contributed by atoms with E-state index in [0.29, 0.717) is 6.42 Å². The average molecular weight is 178 g/mol. The quantitative estimate of drug-likeness (QED) is 0.446. The minimum Gasteiger partial charge on any atom is -0.391 e. The Morgan fingerprint density at radius 3 is 1.83 bits per heavy atom. The van der Waals surface area contributed by atoms with Gasteiger partial charge in [-0.2, -0.15) is 0 Å². The molecule has 0 radical (unpaired) electrons. The van der Waals surface area contributed by atoms with E-state index in [2.05, 4.69) is 0 Å². The molecule has 0 aromatic heterocycles. The molecule has 0 bridgehead atoms. The van der Waals surface area contributed by atoms with Crippen molar-refractivity contribution in [3.8, 4) is 0 Å². The molecule has 0 spiro atoms. The van der Waals surface area contributed by atoms with Crippen molar-refractivity contribution in [1.82, 2.24) is 0 Å². The van der Waals surface area contributed by atoms with Gasteiger partial charge in [0.05, 0.1) is 12.2 Å². The summed E-state index contributed by atoms with van der Waals surface area (Å²) in [5, 5.41) is 36.5. The van der Waals surface area contributed by atoms with Crippen molar-refractivity contribution in [3.63, 3.8) is 0 Å². The fourth-order valence-corrected chi connectivity index (χ4v) is 0.979. The van der Waals surface area contributed by atoms with Crippen LogP contribution in [0.1, 0.15) is 26.7 Å². The molecule has 4 N–H and O–H groups in total. The lowest BCUT2D eigenvalue weighted by Crippen LogP contribution is -2.43. The molecule has 0 fully saturated rings. The van der Waals surface area contributed by atoms with Gasteiger partial charge in [0.2, 0.25) is 0 Å². The predicted octanol–water partition coefficient (Wildman–Crippen LogP) is -0.750. The molecule has 0 rings (SSSR count). The van der Waals surface area contributed by atoms with Crippen LogP contribution >= 0.6 is 0 Å². The maximum atomic E-state index is 9.23. The van der Waals surface area contributed by atoms with Crippen LogP contribution in [-0.4, -0.2) is 44.8 Å². The molecular formula is C8H18O4. The van der Waals surface area contributed by atoms with Crippen molar-refractivity contribution < 1.29 is 20.4 Å². The zero-order valence-electron chi connectivity index (χ0n) is 7.51. The zero-order valence-corrected chi connectivity index (χ0v) is 7.51. The highest BCUT2D eigenvalue weighted by Gasteiger charge is 2.27. The lowest BCUT2D eigenvalue weighted by molar-refractivity contribution is -0.101. The molecule has 0 aliphatic rings. The molecule has 0 heterocycles. The Bertz CT molecular complexity index is 116. The summed E-state index contributed by atoms with van der Waals surface area (Å²) in [4.78, 5) is 0. The van der Waals surface area contributed by atoms with E-state index in [4.69, 9.17) is 10.2 Å². The van der Waals surface area contributed by atoms with Crippen molar-refractivity contribution in [1.29, 1.82) is 0 Å². The number of rotatable bonds is 5. The third kappa shape index (κ3) is 3.49. The predicted molar refractivity (Wildman–Crippen MR) is 44.6 cm³/mol. The molecule has 4 nitrogen and oxygen atoms in total. The molecule has 4 atom stereocenters. The highest BCUT2D eigenvalue weighted by atomic mass is 16.4. The molecule has 0 aromatic rings. The van der Waals surface area contributed by atoms with Crippen molar-refractivity contribution in [2.24, 2.45) is 0 Å². The fourth-order valence-electron chi connectivity index (χ4n) is 0.979. The van der Waals surface area contributed by atoms with Crippen molar-refractivity contribution in [2.75, 3.05) is 0 Å². The molecule has 4 heteroatoms. The highest BCUT2D eigenvalue weighted by Crippen LogP contribution is 2.08. The van der Waals surface area contributed by atoms with E-state index >= 15 is 0 Å².